The largest absolute Gasteiger partial charge is 0.399 e. The molecule has 0 unspecified atom stereocenters. The van der Waals surface area contributed by atoms with Gasteiger partial charge in [-0.1, -0.05) is 16.8 Å². The normalized spacial score (nSPS) is 11.7. The van der Waals surface area contributed by atoms with Crippen molar-refractivity contribution in [1.82, 2.24) is 19.7 Å². The lowest BCUT2D eigenvalue weighted by Gasteiger charge is -2.09. The lowest BCUT2D eigenvalue weighted by Crippen LogP contribution is -2.26. The van der Waals surface area contributed by atoms with Gasteiger partial charge in [-0.25, -0.2) is 17.5 Å². The quantitative estimate of drug-likeness (QED) is 0.607. The molecule has 0 aliphatic carbocycles. The van der Waals surface area contributed by atoms with Gasteiger partial charge in [-0.05, 0) is 18.6 Å². The minimum atomic E-state index is -4.01. The van der Waals surface area contributed by atoms with E-state index in [9.17, 15) is 12.8 Å². The minimum absolute atomic E-state index is 0.0735. The highest BCUT2D eigenvalue weighted by molar-refractivity contribution is 7.89. The standard InChI is InChI=1S/C11H13ClFN5O2S/c12-9-6-8(14)7-10(11(9)13)21(19,20)16-2-1-4-18-5-3-15-17-18/h3,5-7,16H,1-2,4,14H2. The van der Waals surface area contributed by atoms with Crippen molar-refractivity contribution in [3.63, 3.8) is 0 Å². The number of halogens is 2. The van der Waals surface area contributed by atoms with Crippen molar-refractivity contribution in [2.24, 2.45) is 0 Å². The number of nitrogen functional groups attached to an aromatic ring is 1. The number of nitrogens with two attached hydrogens (primary N) is 1. The average Bonchev–Trinajstić information content (AvgIpc) is 2.92. The van der Waals surface area contributed by atoms with Gasteiger partial charge in [-0.15, -0.1) is 5.10 Å². The van der Waals surface area contributed by atoms with E-state index in [1.54, 1.807) is 10.9 Å². The first-order valence-corrected chi connectivity index (χ1v) is 7.84. The second kappa shape index (κ2) is 6.37. The maximum atomic E-state index is 13.8. The van der Waals surface area contributed by atoms with Crippen LogP contribution in [0.5, 0.6) is 0 Å². The molecule has 1 heterocycles. The number of hydrogen-bond acceptors (Lipinski definition) is 5. The number of aryl methyl sites for hydroxylation is 1. The van der Waals surface area contributed by atoms with Crippen LogP contribution in [0.2, 0.25) is 5.02 Å². The highest BCUT2D eigenvalue weighted by atomic mass is 35.5. The second-order valence-electron chi connectivity index (χ2n) is 4.23. The summed E-state index contributed by atoms with van der Waals surface area (Å²) < 4.78 is 41.7. The van der Waals surface area contributed by atoms with Crippen molar-refractivity contribution in [3.8, 4) is 0 Å². The molecule has 0 saturated heterocycles. The molecule has 0 spiro atoms. The van der Waals surface area contributed by atoms with E-state index in [2.05, 4.69) is 15.0 Å². The van der Waals surface area contributed by atoms with Crippen LogP contribution in [0.25, 0.3) is 0 Å². The second-order valence-corrected chi connectivity index (χ2v) is 6.37. The third-order valence-electron chi connectivity index (χ3n) is 2.63. The van der Waals surface area contributed by atoms with Crippen LogP contribution in [0.1, 0.15) is 6.42 Å². The third kappa shape index (κ3) is 3.90. The van der Waals surface area contributed by atoms with E-state index in [0.29, 0.717) is 13.0 Å². The lowest BCUT2D eigenvalue weighted by atomic mass is 10.3. The summed E-state index contributed by atoms with van der Waals surface area (Å²) in [5, 5.41) is 7.03. The lowest BCUT2D eigenvalue weighted by molar-refractivity contribution is 0.535. The monoisotopic (exact) mass is 333 g/mol. The van der Waals surface area contributed by atoms with Crippen molar-refractivity contribution < 1.29 is 12.8 Å². The Hall–Kier alpha value is -1.71. The Labute approximate surface area is 125 Å². The Morgan fingerprint density at radius 1 is 1.43 bits per heavy atom. The van der Waals surface area contributed by atoms with Gasteiger partial charge < -0.3 is 5.73 Å². The van der Waals surface area contributed by atoms with Crippen molar-refractivity contribution in [1.29, 1.82) is 0 Å². The zero-order chi connectivity index (χ0) is 15.5. The summed E-state index contributed by atoms with van der Waals surface area (Å²) in [4.78, 5) is -0.562. The topological polar surface area (TPSA) is 103 Å². The zero-order valence-corrected chi connectivity index (χ0v) is 12.4. The fraction of sp³-hybridized carbons (Fsp3) is 0.273. The Balaban J connectivity index is 2.02. The van der Waals surface area contributed by atoms with E-state index in [-0.39, 0.29) is 17.3 Å². The van der Waals surface area contributed by atoms with Crippen LogP contribution < -0.4 is 10.5 Å². The maximum absolute atomic E-state index is 13.8. The molecule has 0 radical (unpaired) electrons. The minimum Gasteiger partial charge on any atom is -0.399 e. The summed E-state index contributed by atoms with van der Waals surface area (Å²) >= 11 is 5.59. The molecule has 1 aromatic carbocycles. The molecule has 0 fully saturated rings. The van der Waals surface area contributed by atoms with Crippen LogP contribution in [0, 0.1) is 5.82 Å². The SMILES string of the molecule is Nc1cc(Cl)c(F)c(S(=O)(=O)NCCCn2ccnn2)c1. The number of anilines is 1. The number of nitrogens with one attached hydrogen (secondary N) is 1. The van der Waals surface area contributed by atoms with Crippen LogP contribution in [0.15, 0.2) is 29.4 Å². The van der Waals surface area contributed by atoms with Gasteiger partial charge >= 0.3 is 0 Å². The van der Waals surface area contributed by atoms with E-state index in [4.69, 9.17) is 17.3 Å². The third-order valence-corrected chi connectivity index (χ3v) is 4.37. The van der Waals surface area contributed by atoms with Gasteiger partial charge in [-0.2, -0.15) is 0 Å². The van der Waals surface area contributed by atoms with Crippen molar-refractivity contribution in [2.75, 3.05) is 12.3 Å². The number of benzene rings is 1. The first kappa shape index (κ1) is 15.7. The molecule has 0 bridgehead atoms. The first-order chi connectivity index (χ1) is 9.90. The maximum Gasteiger partial charge on any atom is 0.243 e. The molecule has 114 valence electrons. The fourth-order valence-corrected chi connectivity index (χ4v) is 3.15. The highest BCUT2D eigenvalue weighted by Gasteiger charge is 2.21. The van der Waals surface area contributed by atoms with Crippen LogP contribution >= 0.6 is 11.6 Å². The molecule has 3 N–H and O–H groups in total. The number of hydrogen-bond donors (Lipinski definition) is 2. The van der Waals surface area contributed by atoms with Crippen molar-refractivity contribution in [2.45, 2.75) is 17.9 Å². The molecule has 1 aromatic heterocycles. The molecule has 0 atom stereocenters. The summed E-state index contributed by atoms with van der Waals surface area (Å²) in [5.74, 6) is -1.02. The summed E-state index contributed by atoms with van der Waals surface area (Å²) in [5.41, 5.74) is 5.56. The van der Waals surface area contributed by atoms with Gasteiger partial charge in [-0.3, -0.25) is 4.68 Å². The number of nitrogens with zero attached hydrogens (tertiary/aromatic N) is 3. The molecule has 0 aliphatic rings. The van der Waals surface area contributed by atoms with Gasteiger partial charge in [0.1, 0.15) is 4.90 Å². The van der Waals surface area contributed by atoms with Gasteiger partial charge in [0.25, 0.3) is 0 Å². The summed E-state index contributed by atoms with van der Waals surface area (Å²) in [6.45, 7) is 0.608. The number of sulfonamides is 1. The van der Waals surface area contributed by atoms with E-state index >= 15 is 0 Å². The molecule has 0 aliphatic heterocycles. The van der Waals surface area contributed by atoms with E-state index < -0.39 is 20.7 Å². The van der Waals surface area contributed by atoms with Crippen LogP contribution in [0.4, 0.5) is 10.1 Å². The average molecular weight is 334 g/mol. The molecule has 2 rings (SSSR count). The van der Waals surface area contributed by atoms with Gasteiger partial charge in [0, 0.05) is 25.0 Å². The summed E-state index contributed by atoms with van der Waals surface area (Å²) in [7, 11) is -4.01. The van der Waals surface area contributed by atoms with Gasteiger partial charge in [0.2, 0.25) is 10.0 Å². The Kier molecular flexibility index (Phi) is 4.76. The Morgan fingerprint density at radius 2 is 2.19 bits per heavy atom. The highest BCUT2D eigenvalue weighted by Crippen LogP contribution is 2.25. The summed E-state index contributed by atoms with van der Waals surface area (Å²) in [6, 6.07) is 2.18. The van der Waals surface area contributed by atoms with Crippen molar-refractivity contribution in [3.05, 3.63) is 35.4 Å². The molecule has 0 saturated carbocycles. The van der Waals surface area contributed by atoms with Crippen molar-refractivity contribution >= 4 is 27.3 Å². The van der Waals surface area contributed by atoms with E-state index in [1.165, 1.54) is 6.20 Å². The fourth-order valence-electron chi connectivity index (χ4n) is 1.66. The smallest absolute Gasteiger partial charge is 0.243 e. The molecular weight excluding hydrogens is 321 g/mol. The number of rotatable bonds is 6. The molecular formula is C11H13ClFN5O2S. The molecule has 7 nitrogen and oxygen atoms in total. The number of aromatic nitrogens is 3. The van der Waals surface area contributed by atoms with Crippen LogP contribution in [-0.4, -0.2) is 30.0 Å². The van der Waals surface area contributed by atoms with Crippen LogP contribution in [0.3, 0.4) is 0 Å². The van der Waals surface area contributed by atoms with Gasteiger partial charge in [0.05, 0.1) is 11.2 Å². The molecule has 2 aromatic rings. The first-order valence-electron chi connectivity index (χ1n) is 5.98. The predicted molar refractivity (Wildman–Crippen MR) is 75.6 cm³/mol. The molecule has 21 heavy (non-hydrogen) atoms. The molecule has 0 amide bonds. The van der Waals surface area contributed by atoms with E-state index in [1.807, 2.05) is 0 Å². The van der Waals surface area contributed by atoms with Crippen LogP contribution in [-0.2, 0) is 16.6 Å². The predicted octanol–water partition coefficient (Wildman–Crippen LogP) is 1.02. The Bertz CT molecular complexity index is 720. The van der Waals surface area contributed by atoms with E-state index in [0.717, 1.165) is 12.1 Å². The zero-order valence-electron chi connectivity index (χ0n) is 10.8. The Morgan fingerprint density at radius 3 is 2.86 bits per heavy atom. The molecule has 10 heteroatoms. The summed E-state index contributed by atoms with van der Waals surface area (Å²) in [6.07, 6.45) is 3.65. The van der Waals surface area contributed by atoms with Gasteiger partial charge in [0.15, 0.2) is 5.82 Å².